The normalized spacial score (nSPS) is 10.6. The van der Waals surface area contributed by atoms with Crippen molar-refractivity contribution in [2.24, 2.45) is 0 Å². The number of nitrogen functional groups attached to an aromatic ring is 1. The van der Waals surface area contributed by atoms with Crippen molar-refractivity contribution in [3.8, 4) is 0 Å². The van der Waals surface area contributed by atoms with E-state index in [0.717, 1.165) is 0 Å². The molecule has 6 nitrogen and oxygen atoms in total. The van der Waals surface area contributed by atoms with Crippen molar-refractivity contribution in [2.45, 2.75) is 0 Å². The number of ether oxygens (including phenoxy) is 1. The van der Waals surface area contributed by atoms with Gasteiger partial charge < -0.3 is 15.8 Å². The molecule has 94 valence electrons. The van der Waals surface area contributed by atoms with Crippen molar-refractivity contribution in [2.75, 3.05) is 24.8 Å². The Morgan fingerprint density at radius 1 is 1.44 bits per heavy atom. The van der Waals surface area contributed by atoms with Gasteiger partial charge in [0.1, 0.15) is 6.61 Å². The second-order valence-electron chi connectivity index (χ2n) is 3.57. The van der Waals surface area contributed by atoms with Gasteiger partial charge in [0.05, 0.1) is 11.0 Å². The fourth-order valence-corrected chi connectivity index (χ4v) is 1.60. The minimum Gasteiger partial charge on any atom is -0.381 e. The molecule has 0 unspecified atom stereocenters. The van der Waals surface area contributed by atoms with E-state index in [0.29, 0.717) is 16.1 Å². The van der Waals surface area contributed by atoms with Gasteiger partial charge in [-0.25, -0.2) is 9.97 Å². The zero-order valence-electron chi connectivity index (χ0n) is 9.61. The molecule has 0 atom stereocenters. The number of carbonyl (C=O) groups is 1. The minimum atomic E-state index is -0.341. The van der Waals surface area contributed by atoms with Crippen molar-refractivity contribution in [3.63, 3.8) is 0 Å². The fourth-order valence-electron chi connectivity index (χ4n) is 1.43. The molecule has 0 fully saturated rings. The number of nitrogens with zero attached hydrogens (tertiary/aromatic N) is 2. The summed E-state index contributed by atoms with van der Waals surface area (Å²) in [4.78, 5) is 19.7. The van der Waals surface area contributed by atoms with E-state index in [1.807, 2.05) is 0 Å². The first-order valence-corrected chi connectivity index (χ1v) is 5.49. The molecule has 0 saturated carbocycles. The molecule has 1 aromatic carbocycles. The summed E-state index contributed by atoms with van der Waals surface area (Å²) in [5.41, 5.74) is 6.88. The molecule has 0 aliphatic heterocycles. The van der Waals surface area contributed by atoms with Gasteiger partial charge in [-0.05, 0) is 18.2 Å². The smallest absolute Gasteiger partial charge is 0.251 e. The number of carbonyl (C=O) groups excluding carboxylic acids is 1. The van der Waals surface area contributed by atoms with Gasteiger partial charge in [0.25, 0.3) is 5.91 Å². The first-order valence-electron chi connectivity index (χ1n) is 5.11. The summed E-state index contributed by atoms with van der Waals surface area (Å²) < 4.78 is 4.70. The molecule has 0 bridgehead atoms. The summed E-state index contributed by atoms with van der Waals surface area (Å²) in [6.45, 7) is -0.0697. The van der Waals surface area contributed by atoms with Crippen LogP contribution in [0.25, 0.3) is 11.0 Å². The first-order chi connectivity index (χ1) is 8.60. The van der Waals surface area contributed by atoms with Crippen LogP contribution in [0.2, 0.25) is 5.02 Å². The number of anilines is 2. The van der Waals surface area contributed by atoms with Crippen LogP contribution in [-0.4, -0.2) is 29.6 Å². The Balaban J connectivity index is 2.37. The number of aromatic nitrogens is 2. The average molecular weight is 267 g/mol. The average Bonchev–Trinajstić information content (AvgIpc) is 2.31. The Kier molecular flexibility index (Phi) is 3.59. The highest BCUT2D eigenvalue weighted by Gasteiger charge is 2.09. The number of hydrogen-bond donors (Lipinski definition) is 2. The first kappa shape index (κ1) is 12.5. The Labute approximate surface area is 108 Å². The Hall–Kier alpha value is -1.92. The van der Waals surface area contributed by atoms with Gasteiger partial charge in [0.2, 0.25) is 0 Å². The number of nitrogens with two attached hydrogens (primary N) is 1. The summed E-state index contributed by atoms with van der Waals surface area (Å²) in [7, 11) is 1.43. The van der Waals surface area contributed by atoms with Crippen molar-refractivity contribution in [1.82, 2.24) is 9.97 Å². The van der Waals surface area contributed by atoms with E-state index in [9.17, 15) is 4.79 Å². The van der Waals surface area contributed by atoms with Gasteiger partial charge in [-0.15, -0.1) is 0 Å². The molecule has 0 aliphatic carbocycles. The molecule has 1 aromatic heterocycles. The summed E-state index contributed by atoms with van der Waals surface area (Å²) in [6.07, 6.45) is 0. The lowest BCUT2D eigenvalue weighted by atomic mass is 10.3. The summed E-state index contributed by atoms with van der Waals surface area (Å²) >= 11 is 5.84. The molecule has 0 radical (unpaired) electrons. The molecule has 3 N–H and O–H groups in total. The zero-order chi connectivity index (χ0) is 13.1. The van der Waals surface area contributed by atoms with Crippen LogP contribution in [0.5, 0.6) is 0 Å². The van der Waals surface area contributed by atoms with Crippen LogP contribution in [0.1, 0.15) is 0 Å². The van der Waals surface area contributed by atoms with Crippen LogP contribution < -0.4 is 11.1 Å². The Morgan fingerprint density at radius 2 is 2.22 bits per heavy atom. The van der Waals surface area contributed by atoms with Gasteiger partial charge in [0.15, 0.2) is 11.6 Å². The third-order valence-corrected chi connectivity index (χ3v) is 2.42. The van der Waals surface area contributed by atoms with E-state index in [1.165, 1.54) is 7.11 Å². The third-order valence-electron chi connectivity index (χ3n) is 2.19. The molecular weight excluding hydrogens is 256 g/mol. The van der Waals surface area contributed by atoms with E-state index in [-0.39, 0.29) is 24.1 Å². The summed E-state index contributed by atoms with van der Waals surface area (Å²) in [5, 5.41) is 3.07. The van der Waals surface area contributed by atoms with E-state index >= 15 is 0 Å². The van der Waals surface area contributed by atoms with Crippen LogP contribution in [0.15, 0.2) is 18.2 Å². The van der Waals surface area contributed by atoms with Crippen LogP contribution >= 0.6 is 11.6 Å². The number of amides is 1. The van der Waals surface area contributed by atoms with Crippen molar-refractivity contribution >= 4 is 40.2 Å². The quantitative estimate of drug-likeness (QED) is 0.877. The van der Waals surface area contributed by atoms with Gasteiger partial charge in [0, 0.05) is 12.1 Å². The second kappa shape index (κ2) is 5.16. The van der Waals surface area contributed by atoms with Crippen molar-refractivity contribution < 1.29 is 9.53 Å². The van der Waals surface area contributed by atoms with Gasteiger partial charge in [-0.2, -0.15) is 0 Å². The standard InChI is InChI=1S/C11H11ClN4O2/c1-18-5-9(17)16-11-10(13)14-8-4-6(12)2-3-7(8)15-11/h2-4H,5H2,1H3,(H2,13,14)(H,15,16,17). The molecule has 0 spiro atoms. The third kappa shape index (κ3) is 2.66. The van der Waals surface area contributed by atoms with Crippen molar-refractivity contribution in [3.05, 3.63) is 23.2 Å². The Morgan fingerprint density at radius 3 is 2.94 bits per heavy atom. The van der Waals surface area contributed by atoms with Crippen LogP contribution in [-0.2, 0) is 9.53 Å². The van der Waals surface area contributed by atoms with Crippen LogP contribution in [0.3, 0.4) is 0 Å². The number of fused-ring (bicyclic) bond motifs is 1. The Bertz CT molecular complexity index is 603. The number of halogens is 1. The number of nitrogens with one attached hydrogen (secondary N) is 1. The zero-order valence-corrected chi connectivity index (χ0v) is 10.4. The predicted molar refractivity (Wildman–Crippen MR) is 69.5 cm³/mol. The predicted octanol–water partition coefficient (Wildman–Crippen LogP) is 1.45. The maximum atomic E-state index is 11.4. The van der Waals surface area contributed by atoms with E-state index < -0.39 is 0 Å². The highest BCUT2D eigenvalue weighted by molar-refractivity contribution is 6.31. The highest BCUT2D eigenvalue weighted by atomic mass is 35.5. The summed E-state index contributed by atoms with van der Waals surface area (Å²) in [5.74, 6) is 0.00732. The molecule has 1 heterocycles. The number of rotatable bonds is 3. The maximum Gasteiger partial charge on any atom is 0.251 e. The molecule has 2 aromatic rings. The SMILES string of the molecule is COCC(=O)Nc1nc2ccc(Cl)cc2nc1N. The van der Waals surface area contributed by atoms with Crippen LogP contribution in [0, 0.1) is 0 Å². The highest BCUT2D eigenvalue weighted by Crippen LogP contribution is 2.21. The second-order valence-corrected chi connectivity index (χ2v) is 4.01. The van der Waals surface area contributed by atoms with Gasteiger partial charge in [-0.3, -0.25) is 4.79 Å². The van der Waals surface area contributed by atoms with Crippen molar-refractivity contribution in [1.29, 1.82) is 0 Å². The summed E-state index contributed by atoms with van der Waals surface area (Å²) in [6, 6.07) is 5.05. The van der Waals surface area contributed by atoms with E-state index in [4.69, 9.17) is 22.1 Å². The lowest BCUT2D eigenvalue weighted by molar-refractivity contribution is -0.119. The van der Waals surface area contributed by atoms with Gasteiger partial charge in [-0.1, -0.05) is 11.6 Å². The number of methoxy groups -OCH3 is 1. The van der Waals surface area contributed by atoms with Crippen LogP contribution in [0.4, 0.5) is 11.6 Å². The molecule has 2 rings (SSSR count). The van der Waals surface area contributed by atoms with E-state index in [2.05, 4.69) is 15.3 Å². The number of benzene rings is 1. The topological polar surface area (TPSA) is 90.1 Å². The number of hydrogen-bond acceptors (Lipinski definition) is 5. The largest absolute Gasteiger partial charge is 0.381 e. The molecule has 7 heteroatoms. The molecule has 1 amide bonds. The molecule has 0 aliphatic rings. The molecule has 18 heavy (non-hydrogen) atoms. The maximum absolute atomic E-state index is 11.4. The molecular formula is C11H11ClN4O2. The molecule has 0 saturated heterocycles. The minimum absolute atomic E-state index is 0.0697. The van der Waals surface area contributed by atoms with E-state index in [1.54, 1.807) is 18.2 Å². The van der Waals surface area contributed by atoms with Gasteiger partial charge >= 0.3 is 0 Å². The fraction of sp³-hybridized carbons (Fsp3) is 0.182. The lowest BCUT2D eigenvalue weighted by Crippen LogP contribution is -2.19. The lowest BCUT2D eigenvalue weighted by Gasteiger charge is -2.07. The monoisotopic (exact) mass is 266 g/mol.